The molecule has 0 aliphatic heterocycles. The Hall–Kier alpha value is -2.54. The number of rotatable bonds is 1. The van der Waals surface area contributed by atoms with Gasteiger partial charge < -0.3 is 5.73 Å². The summed E-state index contributed by atoms with van der Waals surface area (Å²) in [6.45, 7) is 2.31. The third kappa shape index (κ3) is 1.58. The average Bonchev–Trinajstić information content (AvgIpc) is 2.80. The number of hydrogen-bond donors (Lipinski definition) is 1. The van der Waals surface area contributed by atoms with Crippen LogP contribution in [0.3, 0.4) is 0 Å². The van der Waals surface area contributed by atoms with Gasteiger partial charge in [0.25, 0.3) is 0 Å². The van der Waals surface area contributed by atoms with Crippen molar-refractivity contribution in [1.29, 1.82) is 0 Å². The SMILES string of the molecule is CC1(c2ccc(N)cc2)c2ccccc2-c2ccccc21. The molecule has 3 aromatic rings. The Balaban J connectivity index is 2.06. The summed E-state index contributed by atoms with van der Waals surface area (Å²) in [5.41, 5.74) is 13.3. The van der Waals surface area contributed by atoms with Gasteiger partial charge in [-0.1, -0.05) is 60.7 Å². The fraction of sp³-hybridized carbons (Fsp3) is 0.100. The third-order valence-corrected chi connectivity index (χ3v) is 4.71. The lowest BCUT2D eigenvalue weighted by molar-refractivity contribution is 0.714. The highest BCUT2D eigenvalue weighted by atomic mass is 14.5. The minimum Gasteiger partial charge on any atom is -0.399 e. The second kappa shape index (κ2) is 4.23. The van der Waals surface area contributed by atoms with Gasteiger partial charge >= 0.3 is 0 Å². The molecule has 0 fully saturated rings. The lowest BCUT2D eigenvalue weighted by Crippen LogP contribution is -2.22. The number of benzene rings is 3. The van der Waals surface area contributed by atoms with Crippen molar-refractivity contribution in [2.45, 2.75) is 12.3 Å². The van der Waals surface area contributed by atoms with Crippen molar-refractivity contribution in [3.8, 4) is 11.1 Å². The molecule has 2 N–H and O–H groups in total. The second-order valence-electron chi connectivity index (χ2n) is 5.84. The van der Waals surface area contributed by atoms with Gasteiger partial charge in [-0.2, -0.15) is 0 Å². The van der Waals surface area contributed by atoms with E-state index in [2.05, 4.69) is 67.6 Å². The molecule has 0 radical (unpaired) electrons. The van der Waals surface area contributed by atoms with Crippen LogP contribution in [-0.2, 0) is 5.41 Å². The van der Waals surface area contributed by atoms with Gasteiger partial charge in [-0.3, -0.25) is 0 Å². The number of anilines is 1. The van der Waals surface area contributed by atoms with E-state index in [4.69, 9.17) is 5.73 Å². The molecule has 0 saturated heterocycles. The van der Waals surface area contributed by atoms with E-state index in [-0.39, 0.29) is 5.41 Å². The minimum absolute atomic E-state index is 0.110. The molecule has 0 bridgehead atoms. The zero-order valence-corrected chi connectivity index (χ0v) is 12.0. The molecular formula is C20H17N. The van der Waals surface area contributed by atoms with Gasteiger partial charge in [0.2, 0.25) is 0 Å². The van der Waals surface area contributed by atoms with Gasteiger partial charge in [-0.05, 0) is 46.9 Å². The first-order valence-corrected chi connectivity index (χ1v) is 7.26. The number of nitrogens with two attached hydrogens (primary N) is 1. The van der Waals surface area contributed by atoms with E-state index >= 15 is 0 Å². The van der Waals surface area contributed by atoms with Crippen LogP contribution in [0.2, 0.25) is 0 Å². The molecule has 0 saturated carbocycles. The first-order valence-electron chi connectivity index (χ1n) is 7.26. The first-order chi connectivity index (χ1) is 10.2. The van der Waals surface area contributed by atoms with Crippen molar-refractivity contribution in [3.05, 3.63) is 89.5 Å². The summed E-state index contributed by atoms with van der Waals surface area (Å²) in [4.78, 5) is 0. The monoisotopic (exact) mass is 271 g/mol. The molecule has 0 aromatic heterocycles. The van der Waals surface area contributed by atoms with Crippen LogP contribution in [0.5, 0.6) is 0 Å². The summed E-state index contributed by atoms with van der Waals surface area (Å²) in [7, 11) is 0. The molecule has 0 atom stereocenters. The van der Waals surface area contributed by atoms with Crippen molar-refractivity contribution in [2.75, 3.05) is 5.73 Å². The average molecular weight is 271 g/mol. The molecule has 1 aliphatic carbocycles. The van der Waals surface area contributed by atoms with E-state index in [0.29, 0.717) is 0 Å². The van der Waals surface area contributed by atoms with Gasteiger partial charge in [-0.15, -0.1) is 0 Å². The minimum atomic E-state index is -0.110. The van der Waals surface area contributed by atoms with Crippen LogP contribution >= 0.6 is 0 Å². The van der Waals surface area contributed by atoms with Crippen molar-refractivity contribution in [2.24, 2.45) is 0 Å². The lowest BCUT2D eigenvalue weighted by atomic mass is 9.74. The van der Waals surface area contributed by atoms with E-state index in [1.165, 1.54) is 27.8 Å². The van der Waals surface area contributed by atoms with Crippen molar-refractivity contribution >= 4 is 5.69 Å². The molecule has 0 unspecified atom stereocenters. The van der Waals surface area contributed by atoms with Gasteiger partial charge in [0.15, 0.2) is 0 Å². The molecule has 3 aromatic carbocycles. The zero-order valence-electron chi connectivity index (χ0n) is 12.0. The second-order valence-corrected chi connectivity index (χ2v) is 5.84. The molecule has 4 rings (SSSR count). The Bertz CT molecular complexity index is 770. The summed E-state index contributed by atoms with van der Waals surface area (Å²) in [6, 6.07) is 25.7. The predicted molar refractivity (Wildman–Crippen MR) is 88.3 cm³/mol. The van der Waals surface area contributed by atoms with E-state index in [1.807, 2.05) is 12.1 Å². The highest BCUT2D eigenvalue weighted by Gasteiger charge is 2.40. The summed E-state index contributed by atoms with van der Waals surface area (Å²) < 4.78 is 0. The van der Waals surface area contributed by atoms with E-state index in [0.717, 1.165) is 5.69 Å². The summed E-state index contributed by atoms with van der Waals surface area (Å²) in [5, 5.41) is 0. The Morgan fingerprint density at radius 2 is 1.14 bits per heavy atom. The van der Waals surface area contributed by atoms with Gasteiger partial charge in [0, 0.05) is 11.1 Å². The molecule has 1 aliphatic rings. The maximum absolute atomic E-state index is 5.86. The molecule has 102 valence electrons. The van der Waals surface area contributed by atoms with Crippen molar-refractivity contribution in [1.82, 2.24) is 0 Å². The van der Waals surface area contributed by atoms with Crippen LogP contribution in [0.25, 0.3) is 11.1 Å². The highest BCUT2D eigenvalue weighted by molar-refractivity contribution is 5.83. The summed E-state index contributed by atoms with van der Waals surface area (Å²) in [6.07, 6.45) is 0. The topological polar surface area (TPSA) is 26.0 Å². The van der Waals surface area contributed by atoms with Crippen molar-refractivity contribution in [3.63, 3.8) is 0 Å². The first kappa shape index (κ1) is 12.2. The van der Waals surface area contributed by atoms with Crippen LogP contribution in [0, 0.1) is 0 Å². The van der Waals surface area contributed by atoms with E-state index in [9.17, 15) is 0 Å². The Labute approximate surface area is 125 Å². The molecule has 1 heteroatoms. The van der Waals surface area contributed by atoms with Crippen LogP contribution in [0.4, 0.5) is 5.69 Å². The fourth-order valence-electron chi connectivity index (χ4n) is 3.58. The maximum atomic E-state index is 5.86. The quantitative estimate of drug-likeness (QED) is 0.643. The largest absolute Gasteiger partial charge is 0.399 e. The van der Waals surface area contributed by atoms with Gasteiger partial charge in [0.05, 0.1) is 0 Å². The Morgan fingerprint density at radius 1 is 0.667 bits per heavy atom. The maximum Gasteiger partial charge on any atom is 0.0435 e. The molecular weight excluding hydrogens is 254 g/mol. The van der Waals surface area contributed by atoms with Crippen molar-refractivity contribution < 1.29 is 0 Å². The standard InChI is InChI=1S/C20H17N/c1-20(14-10-12-15(21)13-11-14)18-8-4-2-6-16(18)17-7-3-5-9-19(17)20/h2-13H,21H2,1H3. The van der Waals surface area contributed by atoms with Gasteiger partial charge in [-0.25, -0.2) is 0 Å². The van der Waals surface area contributed by atoms with Crippen LogP contribution in [-0.4, -0.2) is 0 Å². The molecule has 0 heterocycles. The van der Waals surface area contributed by atoms with Crippen LogP contribution < -0.4 is 5.73 Å². The van der Waals surface area contributed by atoms with Crippen LogP contribution in [0.1, 0.15) is 23.6 Å². The molecule has 0 spiro atoms. The normalized spacial score (nSPS) is 14.5. The van der Waals surface area contributed by atoms with Gasteiger partial charge in [0.1, 0.15) is 0 Å². The fourth-order valence-corrected chi connectivity index (χ4v) is 3.58. The predicted octanol–water partition coefficient (Wildman–Crippen LogP) is 4.60. The highest BCUT2D eigenvalue weighted by Crippen LogP contribution is 2.51. The van der Waals surface area contributed by atoms with E-state index in [1.54, 1.807) is 0 Å². The number of hydrogen-bond acceptors (Lipinski definition) is 1. The molecule has 21 heavy (non-hydrogen) atoms. The van der Waals surface area contributed by atoms with E-state index < -0.39 is 0 Å². The molecule has 1 nitrogen and oxygen atoms in total. The smallest absolute Gasteiger partial charge is 0.0435 e. The summed E-state index contributed by atoms with van der Waals surface area (Å²) >= 11 is 0. The third-order valence-electron chi connectivity index (χ3n) is 4.71. The summed E-state index contributed by atoms with van der Waals surface area (Å²) in [5.74, 6) is 0. The number of fused-ring (bicyclic) bond motifs is 3. The number of nitrogen functional groups attached to an aromatic ring is 1. The zero-order chi connectivity index (χ0) is 14.4. The Morgan fingerprint density at radius 3 is 1.67 bits per heavy atom. The lowest BCUT2D eigenvalue weighted by Gasteiger charge is -2.28. The molecule has 0 amide bonds. The Kier molecular flexibility index (Phi) is 2.46. The van der Waals surface area contributed by atoms with Crippen LogP contribution in [0.15, 0.2) is 72.8 Å².